The smallest absolute Gasteiger partial charge is 0.234 e. The van der Waals surface area contributed by atoms with Crippen molar-refractivity contribution in [3.8, 4) is 0 Å². The first-order valence-electron chi connectivity index (χ1n) is 10.7. The molecular weight excluding hydrogens is 392 g/mol. The number of carbonyl (C=O) groups excluding carboxylic acids is 1. The fraction of sp³-hybridized carbons (Fsp3) is 0.375. The number of hydrogen-bond acceptors (Lipinski definition) is 4. The lowest BCUT2D eigenvalue weighted by atomic mass is 9.95. The lowest BCUT2D eigenvalue weighted by Gasteiger charge is -2.25. The van der Waals surface area contributed by atoms with Crippen LogP contribution in [0.3, 0.4) is 0 Å². The fourth-order valence-corrected chi connectivity index (χ4v) is 4.89. The van der Waals surface area contributed by atoms with Gasteiger partial charge in [0.15, 0.2) is 5.16 Å². The number of thioether (sulfide) groups is 1. The average molecular weight is 421 g/mol. The number of rotatable bonds is 7. The first-order valence-corrected chi connectivity index (χ1v) is 11.6. The predicted octanol–water partition coefficient (Wildman–Crippen LogP) is 5.41. The maximum absolute atomic E-state index is 12.5. The lowest BCUT2D eigenvalue weighted by Crippen LogP contribution is -2.18. The molecule has 156 valence electrons. The minimum Gasteiger partial charge on any atom is -0.325 e. The zero-order valence-corrected chi connectivity index (χ0v) is 18.2. The van der Waals surface area contributed by atoms with Crippen molar-refractivity contribution in [3.63, 3.8) is 0 Å². The molecule has 30 heavy (non-hydrogen) atoms. The summed E-state index contributed by atoms with van der Waals surface area (Å²) < 4.78 is 2.30. The summed E-state index contributed by atoms with van der Waals surface area (Å²) in [6.07, 6.45) is 6.86. The Morgan fingerprint density at radius 1 is 1.07 bits per heavy atom. The largest absolute Gasteiger partial charge is 0.325 e. The Morgan fingerprint density at radius 3 is 2.63 bits per heavy atom. The molecule has 0 unspecified atom stereocenters. The van der Waals surface area contributed by atoms with Crippen LogP contribution < -0.4 is 5.32 Å². The third-order valence-electron chi connectivity index (χ3n) is 5.51. The van der Waals surface area contributed by atoms with Crippen LogP contribution in [-0.2, 0) is 11.2 Å². The molecule has 0 radical (unpaired) electrons. The van der Waals surface area contributed by atoms with E-state index in [2.05, 4.69) is 44.3 Å². The van der Waals surface area contributed by atoms with E-state index in [0.29, 0.717) is 11.8 Å². The topological polar surface area (TPSA) is 59.8 Å². The van der Waals surface area contributed by atoms with Gasteiger partial charge in [-0.15, -0.1) is 10.2 Å². The van der Waals surface area contributed by atoms with Gasteiger partial charge in [0.2, 0.25) is 5.91 Å². The molecule has 2 aromatic carbocycles. The number of aryl methyl sites for hydroxylation is 1. The standard InChI is InChI=1S/C24H28N4OS/c1-18-9-8-12-20(15-18)25-23(29)17-30-24-27-26-22(16-19-10-4-2-5-11-19)28(24)21-13-6-3-7-14-21/h2,4-5,8-12,15,21H,3,6-7,13-14,16-17H2,1H3,(H,25,29). The molecule has 1 heterocycles. The van der Waals surface area contributed by atoms with Gasteiger partial charge in [-0.1, -0.05) is 73.5 Å². The van der Waals surface area contributed by atoms with Crippen molar-refractivity contribution in [2.75, 3.05) is 11.1 Å². The maximum atomic E-state index is 12.5. The second-order valence-electron chi connectivity index (χ2n) is 7.93. The third kappa shape index (κ3) is 5.30. The van der Waals surface area contributed by atoms with Crippen LogP contribution in [0, 0.1) is 6.92 Å². The van der Waals surface area contributed by atoms with Crippen LogP contribution in [0.15, 0.2) is 59.8 Å². The van der Waals surface area contributed by atoms with Crippen LogP contribution in [0.4, 0.5) is 5.69 Å². The quantitative estimate of drug-likeness (QED) is 0.519. The van der Waals surface area contributed by atoms with Gasteiger partial charge >= 0.3 is 0 Å². The number of carbonyl (C=O) groups is 1. The molecule has 1 aromatic heterocycles. The van der Waals surface area contributed by atoms with E-state index in [1.54, 1.807) is 0 Å². The Balaban J connectivity index is 1.48. The molecule has 6 heteroatoms. The van der Waals surface area contributed by atoms with Crippen molar-refractivity contribution in [2.24, 2.45) is 0 Å². The molecule has 1 amide bonds. The van der Waals surface area contributed by atoms with E-state index in [1.165, 1.54) is 36.6 Å². The summed E-state index contributed by atoms with van der Waals surface area (Å²) in [6.45, 7) is 2.02. The first kappa shape index (κ1) is 20.7. The van der Waals surface area contributed by atoms with Crippen LogP contribution in [-0.4, -0.2) is 26.4 Å². The molecule has 0 spiro atoms. The Kier molecular flexibility index (Phi) is 6.84. The zero-order chi connectivity index (χ0) is 20.8. The molecule has 0 atom stereocenters. The summed E-state index contributed by atoms with van der Waals surface area (Å²) >= 11 is 1.48. The van der Waals surface area contributed by atoms with Crippen LogP contribution >= 0.6 is 11.8 Å². The van der Waals surface area contributed by atoms with Gasteiger partial charge in [0.05, 0.1) is 5.75 Å². The average Bonchev–Trinajstić information content (AvgIpc) is 3.16. The van der Waals surface area contributed by atoms with E-state index in [1.807, 2.05) is 37.3 Å². The molecule has 5 nitrogen and oxygen atoms in total. The number of nitrogens with zero attached hydrogens (tertiary/aromatic N) is 3. The molecule has 0 bridgehead atoms. The predicted molar refractivity (Wildman–Crippen MR) is 122 cm³/mol. The van der Waals surface area contributed by atoms with E-state index in [9.17, 15) is 4.79 Å². The number of anilines is 1. The highest BCUT2D eigenvalue weighted by Gasteiger charge is 2.23. The van der Waals surface area contributed by atoms with Crippen LogP contribution in [0.2, 0.25) is 0 Å². The number of amides is 1. The van der Waals surface area contributed by atoms with Gasteiger partial charge in [-0.3, -0.25) is 4.79 Å². The summed E-state index contributed by atoms with van der Waals surface area (Å²) in [4.78, 5) is 12.5. The zero-order valence-electron chi connectivity index (χ0n) is 17.4. The van der Waals surface area contributed by atoms with Crippen molar-refractivity contribution in [2.45, 2.75) is 56.6 Å². The monoisotopic (exact) mass is 420 g/mol. The van der Waals surface area contributed by atoms with Crippen LogP contribution in [0.25, 0.3) is 0 Å². The van der Waals surface area contributed by atoms with Gasteiger partial charge in [-0.05, 0) is 43.0 Å². The van der Waals surface area contributed by atoms with Gasteiger partial charge < -0.3 is 9.88 Å². The minimum atomic E-state index is -0.0200. The molecule has 1 saturated carbocycles. The summed E-state index contributed by atoms with van der Waals surface area (Å²) in [6, 6.07) is 18.7. The van der Waals surface area contributed by atoms with E-state index in [4.69, 9.17) is 0 Å². The van der Waals surface area contributed by atoms with Gasteiger partial charge in [0, 0.05) is 18.2 Å². The molecule has 1 fully saturated rings. The second kappa shape index (κ2) is 9.94. The van der Waals surface area contributed by atoms with E-state index < -0.39 is 0 Å². The van der Waals surface area contributed by atoms with E-state index in [-0.39, 0.29) is 5.91 Å². The second-order valence-corrected chi connectivity index (χ2v) is 8.87. The van der Waals surface area contributed by atoms with Gasteiger partial charge in [-0.2, -0.15) is 0 Å². The number of benzene rings is 2. The molecule has 4 rings (SSSR count). The molecular formula is C24H28N4OS. The Morgan fingerprint density at radius 2 is 1.87 bits per heavy atom. The van der Waals surface area contributed by atoms with Crippen LogP contribution in [0.5, 0.6) is 0 Å². The number of hydrogen-bond donors (Lipinski definition) is 1. The SMILES string of the molecule is Cc1cccc(NC(=O)CSc2nnc(Cc3ccccc3)n2C2CCCCC2)c1. The lowest BCUT2D eigenvalue weighted by molar-refractivity contribution is -0.113. The highest BCUT2D eigenvalue weighted by Crippen LogP contribution is 2.33. The molecule has 0 aliphatic heterocycles. The van der Waals surface area contributed by atoms with Crippen molar-refractivity contribution in [1.29, 1.82) is 0 Å². The van der Waals surface area contributed by atoms with E-state index in [0.717, 1.165) is 41.5 Å². The van der Waals surface area contributed by atoms with Crippen molar-refractivity contribution < 1.29 is 4.79 Å². The molecule has 0 saturated heterocycles. The fourth-order valence-electron chi connectivity index (χ4n) is 4.06. The molecule has 3 aromatic rings. The summed E-state index contributed by atoms with van der Waals surface area (Å²) in [5, 5.41) is 12.8. The molecule has 1 aliphatic rings. The third-order valence-corrected chi connectivity index (χ3v) is 6.46. The highest BCUT2D eigenvalue weighted by molar-refractivity contribution is 7.99. The first-order chi connectivity index (χ1) is 14.7. The van der Waals surface area contributed by atoms with Crippen molar-refractivity contribution in [1.82, 2.24) is 14.8 Å². The Labute approximate surface area is 182 Å². The summed E-state index contributed by atoms with van der Waals surface area (Å²) in [5.41, 5.74) is 3.19. The summed E-state index contributed by atoms with van der Waals surface area (Å²) in [7, 11) is 0. The van der Waals surface area contributed by atoms with E-state index >= 15 is 0 Å². The molecule has 1 aliphatic carbocycles. The van der Waals surface area contributed by atoms with Crippen LogP contribution in [0.1, 0.15) is 55.1 Å². The number of nitrogens with one attached hydrogen (secondary N) is 1. The van der Waals surface area contributed by atoms with Crippen molar-refractivity contribution in [3.05, 3.63) is 71.5 Å². The number of aromatic nitrogens is 3. The summed E-state index contributed by atoms with van der Waals surface area (Å²) in [5.74, 6) is 1.30. The highest BCUT2D eigenvalue weighted by atomic mass is 32.2. The maximum Gasteiger partial charge on any atom is 0.234 e. The molecule has 1 N–H and O–H groups in total. The Hall–Kier alpha value is -2.60. The van der Waals surface area contributed by atoms with Crippen molar-refractivity contribution >= 4 is 23.4 Å². The van der Waals surface area contributed by atoms with Gasteiger partial charge in [0.1, 0.15) is 5.82 Å². The minimum absolute atomic E-state index is 0.0200. The Bertz CT molecular complexity index is 980. The normalized spacial score (nSPS) is 14.6. The van der Waals surface area contributed by atoms with Gasteiger partial charge in [0.25, 0.3) is 0 Å². The van der Waals surface area contributed by atoms with Gasteiger partial charge in [-0.25, -0.2) is 0 Å².